The monoisotopic (exact) mass is 270 g/mol. The average Bonchev–Trinajstić information content (AvgIpc) is 3.15. The second-order valence-corrected chi connectivity index (χ2v) is 6.92. The normalized spacial score (nSPS) is 18.0. The highest BCUT2D eigenvalue weighted by molar-refractivity contribution is 4.83. The first-order valence-corrected chi connectivity index (χ1v) is 7.95. The summed E-state index contributed by atoms with van der Waals surface area (Å²) >= 11 is 0. The largest absolute Gasteiger partial charge is 0.380 e. The van der Waals surface area contributed by atoms with Gasteiger partial charge in [-0.05, 0) is 51.1 Å². The second kappa shape index (κ2) is 8.23. The van der Waals surface area contributed by atoms with Crippen molar-refractivity contribution in [2.75, 3.05) is 39.9 Å². The van der Waals surface area contributed by atoms with E-state index in [4.69, 9.17) is 4.74 Å². The summed E-state index contributed by atoms with van der Waals surface area (Å²) in [7, 11) is 2.20. The van der Waals surface area contributed by atoms with Crippen LogP contribution in [0.1, 0.15) is 47.0 Å². The van der Waals surface area contributed by atoms with E-state index in [1.807, 2.05) is 0 Å². The molecule has 0 aromatic rings. The quantitative estimate of drug-likeness (QED) is 0.584. The fraction of sp³-hybridized carbons (Fsp3) is 1.00. The number of nitrogens with zero attached hydrogens (tertiary/aromatic N) is 1. The van der Waals surface area contributed by atoms with Crippen molar-refractivity contribution in [3.63, 3.8) is 0 Å². The topological polar surface area (TPSA) is 24.5 Å². The highest BCUT2D eigenvalue weighted by Gasteiger charge is 2.27. The molecular weight excluding hydrogens is 236 g/mol. The summed E-state index contributed by atoms with van der Waals surface area (Å²) in [5, 5.41) is 3.61. The lowest BCUT2D eigenvalue weighted by Crippen LogP contribution is -2.46. The molecule has 0 radical (unpaired) electrons. The lowest BCUT2D eigenvalue weighted by atomic mass is 9.84. The summed E-state index contributed by atoms with van der Waals surface area (Å²) in [5.41, 5.74) is 0.292. The number of nitrogens with one attached hydrogen (secondary N) is 1. The maximum absolute atomic E-state index is 5.71. The Kier molecular flexibility index (Phi) is 7.33. The molecule has 0 aromatic carbocycles. The molecule has 114 valence electrons. The van der Waals surface area contributed by atoms with E-state index in [-0.39, 0.29) is 0 Å². The Morgan fingerprint density at radius 2 is 2.05 bits per heavy atom. The van der Waals surface area contributed by atoms with Crippen molar-refractivity contribution >= 4 is 0 Å². The molecule has 1 aliphatic carbocycles. The van der Waals surface area contributed by atoms with E-state index in [1.54, 1.807) is 0 Å². The molecule has 0 amide bonds. The van der Waals surface area contributed by atoms with Gasteiger partial charge in [0.1, 0.15) is 0 Å². The first kappa shape index (κ1) is 16.9. The zero-order valence-corrected chi connectivity index (χ0v) is 13.7. The summed E-state index contributed by atoms with van der Waals surface area (Å²) in [5.74, 6) is 0.875. The Morgan fingerprint density at radius 3 is 2.63 bits per heavy atom. The van der Waals surface area contributed by atoms with Crippen LogP contribution in [0.25, 0.3) is 0 Å². The average molecular weight is 270 g/mol. The van der Waals surface area contributed by atoms with E-state index < -0.39 is 0 Å². The van der Waals surface area contributed by atoms with Crippen LogP contribution in [0.5, 0.6) is 0 Å². The molecule has 0 aromatic heterocycles. The van der Waals surface area contributed by atoms with Crippen LogP contribution < -0.4 is 5.32 Å². The van der Waals surface area contributed by atoms with Crippen LogP contribution in [-0.2, 0) is 4.74 Å². The minimum Gasteiger partial charge on any atom is -0.380 e. The fourth-order valence-corrected chi connectivity index (χ4v) is 2.30. The molecule has 0 bridgehead atoms. The predicted molar refractivity (Wildman–Crippen MR) is 82.6 cm³/mol. The van der Waals surface area contributed by atoms with E-state index in [1.165, 1.54) is 19.3 Å². The minimum atomic E-state index is 0.292. The van der Waals surface area contributed by atoms with Crippen LogP contribution in [0.15, 0.2) is 0 Å². The van der Waals surface area contributed by atoms with Crippen molar-refractivity contribution in [1.29, 1.82) is 0 Å². The van der Waals surface area contributed by atoms with E-state index in [2.05, 4.69) is 45.0 Å². The van der Waals surface area contributed by atoms with Crippen molar-refractivity contribution in [3.05, 3.63) is 0 Å². The summed E-state index contributed by atoms with van der Waals surface area (Å²) in [6.45, 7) is 14.3. The van der Waals surface area contributed by atoms with Gasteiger partial charge in [-0.15, -0.1) is 0 Å². The van der Waals surface area contributed by atoms with E-state index in [0.29, 0.717) is 11.5 Å². The lowest BCUT2D eigenvalue weighted by Gasteiger charge is -2.36. The third kappa shape index (κ3) is 7.28. The van der Waals surface area contributed by atoms with E-state index in [0.717, 1.165) is 38.8 Å². The standard InChI is InChI=1S/C16H34N2O/c1-6-9-17-14(2)16(3,4)13-18(5)10-11-19-12-15-7-8-15/h14-15,17H,6-13H2,1-5H3. The molecule has 1 N–H and O–H groups in total. The van der Waals surface area contributed by atoms with Gasteiger partial charge in [0.05, 0.1) is 6.61 Å². The zero-order chi connectivity index (χ0) is 14.3. The summed E-state index contributed by atoms with van der Waals surface area (Å²) < 4.78 is 5.71. The Hall–Kier alpha value is -0.120. The van der Waals surface area contributed by atoms with Gasteiger partial charge in [0.25, 0.3) is 0 Å². The van der Waals surface area contributed by atoms with Gasteiger partial charge in [0.2, 0.25) is 0 Å². The predicted octanol–water partition coefficient (Wildman–Crippen LogP) is 2.76. The second-order valence-electron chi connectivity index (χ2n) is 6.92. The maximum Gasteiger partial charge on any atom is 0.0593 e. The Bertz CT molecular complexity index is 239. The van der Waals surface area contributed by atoms with Crippen LogP contribution in [0.4, 0.5) is 0 Å². The van der Waals surface area contributed by atoms with Gasteiger partial charge in [-0.3, -0.25) is 0 Å². The van der Waals surface area contributed by atoms with Crippen molar-refractivity contribution in [2.45, 2.75) is 53.0 Å². The van der Waals surface area contributed by atoms with Crippen molar-refractivity contribution in [2.24, 2.45) is 11.3 Å². The van der Waals surface area contributed by atoms with Crippen LogP contribution in [0.3, 0.4) is 0 Å². The molecule has 3 heteroatoms. The molecule has 0 heterocycles. The van der Waals surface area contributed by atoms with Crippen molar-refractivity contribution in [1.82, 2.24) is 10.2 Å². The maximum atomic E-state index is 5.71. The minimum absolute atomic E-state index is 0.292. The zero-order valence-electron chi connectivity index (χ0n) is 13.7. The van der Waals surface area contributed by atoms with Gasteiger partial charge in [-0.1, -0.05) is 20.8 Å². The lowest BCUT2D eigenvalue weighted by molar-refractivity contribution is 0.0857. The molecule has 19 heavy (non-hydrogen) atoms. The molecule has 1 rings (SSSR count). The Labute approximate surface area is 120 Å². The van der Waals surface area contributed by atoms with Gasteiger partial charge in [0, 0.05) is 25.7 Å². The van der Waals surface area contributed by atoms with Crippen LogP contribution in [0, 0.1) is 11.3 Å². The molecule has 1 atom stereocenters. The molecule has 0 saturated heterocycles. The summed E-state index contributed by atoms with van der Waals surface area (Å²) in [4.78, 5) is 2.40. The third-order valence-electron chi connectivity index (χ3n) is 4.22. The molecule has 0 aliphatic heterocycles. The molecule has 1 saturated carbocycles. The Balaban J connectivity index is 2.14. The highest BCUT2D eigenvalue weighted by atomic mass is 16.5. The number of rotatable bonds is 11. The van der Waals surface area contributed by atoms with Gasteiger partial charge < -0.3 is 15.0 Å². The van der Waals surface area contributed by atoms with E-state index >= 15 is 0 Å². The Morgan fingerprint density at radius 1 is 1.37 bits per heavy atom. The smallest absolute Gasteiger partial charge is 0.0593 e. The summed E-state index contributed by atoms with van der Waals surface area (Å²) in [6, 6.07) is 0.544. The SMILES string of the molecule is CCCNC(C)C(C)(C)CN(C)CCOCC1CC1. The molecule has 0 spiro atoms. The first-order valence-electron chi connectivity index (χ1n) is 7.95. The van der Waals surface area contributed by atoms with Crippen LogP contribution >= 0.6 is 0 Å². The fourth-order valence-electron chi connectivity index (χ4n) is 2.30. The summed E-state index contributed by atoms with van der Waals surface area (Å²) in [6.07, 6.45) is 3.96. The number of ether oxygens (including phenoxy) is 1. The molecule has 1 fully saturated rings. The van der Waals surface area contributed by atoms with Crippen LogP contribution in [-0.4, -0.2) is 50.8 Å². The third-order valence-corrected chi connectivity index (χ3v) is 4.22. The van der Waals surface area contributed by atoms with Gasteiger partial charge in [-0.25, -0.2) is 0 Å². The van der Waals surface area contributed by atoms with Gasteiger partial charge in [0.15, 0.2) is 0 Å². The van der Waals surface area contributed by atoms with Crippen LogP contribution in [0.2, 0.25) is 0 Å². The molecule has 3 nitrogen and oxygen atoms in total. The molecule has 1 unspecified atom stereocenters. The van der Waals surface area contributed by atoms with E-state index in [9.17, 15) is 0 Å². The highest BCUT2D eigenvalue weighted by Crippen LogP contribution is 2.28. The van der Waals surface area contributed by atoms with Crippen molar-refractivity contribution in [3.8, 4) is 0 Å². The number of hydrogen-bond acceptors (Lipinski definition) is 3. The van der Waals surface area contributed by atoms with Gasteiger partial charge >= 0.3 is 0 Å². The first-order chi connectivity index (χ1) is 8.95. The van der Waals surface area contributed by atoms with Crippen molar-refractivity contribution < 1.29 is 4.74 Å². The number of likely N-dealkylation sites (N-methyl/N-ethyl adjacent to an activating group) is 1. The molecular formula is C16H34N2O. The van der Waals surface area contributed by atoms with Gasteiger partial charge in [-0.2, -0.15) is 0 Å². The molecule has 1 aliphatic rings. The number of hydrogen-bond donors (Lipinski definition) is 1.